The van der Waals surface area contributed by atoms with Crippen molar-refractivity contribution in [3.05, 3.63) is 95.1 Å². The first kappa shape index (κ1) is 28.0. The first-order valence-corrected chi connectivity index (χ1v) is 13.7. The van der Waals surface area contributed by atoms with Crippen molar-refractivity contribution in [3.8, 4) is 5.75 Å². The number of carbonyl (C=O) groups is 2. The van der Waals surface area contributed by atoms with Gasteiger partial charge in [0.25, 0.3) is 11.7 Å². The molecule has 6 heteroatoms. The van der Waals surface area contributed by atoms with Gasteiger partial charge in [-0.25, -0.2) is 0 Å². The molecule has 1 amide bonds. The Labute approximate surface area is 231 Å². The second kappa shape index (κ2) is 11.8. The average molecular weight is 527 g/mol. The van der Waals surface area contributed by atoms with Gasteiger partial charge in [-0.2, -0.15) is 0 Å². The normalized spacial score (nSPS) is 16.8. The number of anilines is 2. The Bertz CT molecular complexity index is 1340. The monoisotopic (exact) mass is 526 g/mol. The van der Waals surface area contributed by atoms with Crippen molar-refractivity contribution in [3.63, 3.8) is 0 Å². The van der Waals surface area contributed by atoms with Crippen LogP contribution in [0.3, 0.4) is 0 Å². The molecule has 1 unspecified atom stereocenters. The minimum absolute atomic E-state index is 0.0103. The predicted octanol–water partition coefficient (Wildman–Crippen LogP) is 7.07. The largest absolute Gasteiger partial charge is 0.507 e. The molecule has 6 nitrogen and oxygen atoms in total. The molecular formula is C33H38N2O4. The highest BCUT2D eigenvalue weighted by molar-refractivity contribution is 6.51. The Morgan fingerprint density at radius 2 is 1.46 bits per heavy atom. The van der Waals surface area contributed by atoms with Crippen molar-refractivity contribution in [2.75, 3.05) is 22.9 Å². The Balaban J connectivity index is 1.84. The van der Waals surface area contributed by atoms with Gasteiger partial charge in [-0.15, -0.1) is 0 Å². The summed E-state index contributed by atoms with van der Waals surface area (Å²) in [6, 6.07) is 21.7. The van der Waals surface area contributed by atoms with Crippen LogP contribution in [0.4, 0.5) is 11.4 Å². The van der Waals surface area contributed by atoms with Crippen LogP contribution in [0.25, 0.3) is 5.76 Å². The third kappa shape index (κ3) is 5.70. The minimum atomic E-state index is -0.771. The molecule has 0 spiro atoms. The number of aliphatic hydroxyl groups excluding tert-OH is 1. The Morgan fingerprint density at radius 1 is 0.872 bits per heavy atom. The summed E-state index contributed by atoms with van der Waals surface area (Å²) in [4.78, 5) is 30.7. The van der Waals surface area contributed by atoms with E-state index < -0.39 is 17.7 Å². The summed E-state index contributed by atoms with van der Waals surface area (Å²) in [6.45, 7) is 14.0. The van der Waals surface area contributed by atoms with Gasteiger partial charge >= 0.3 is 0 Å². The molecule has 0 aromatic heterocycles. The lowest BCUT2D eigenvalue weighted by Crippen LogP contribution is -2.29. The fraction of sp³-hybridized carbons (Fsp3) is 0.333. The zero-order valence-electron chi connectivity index (χ0n) is 23.6. The van der Waals surface area contributed by atoms with E-state index in [-0.39, 0.29) is 17.4 Å². The lowest BCUT2D eigenvalue weighted by Gasteiger charge is -2.27. The van der Waals surface area contributed by atoms with Crippen LogP contribution in [0.15, 0.2) is 78.4 Å². The molecule has 0 aliphatic carbocycles. The number of ether oxygens (including phenoxy) is 1. The third-order valence-electron chi connectivity index (χ3n) is 7.12. The molecule has 1 aliphatic rings. The molecule has 1 saturated heterocycles. The maximum atomic E-state index is 13.5. The zero-order valence-corrected chi connectivity index (χ0v) is 23.6. The summed E-state index contributed by atoms with van der Waals surface area (Å²) < 4.78 is 5.72. The van der Waals surface area contributed by atoms with Gasteiger partial charge < -0.3 is 14.7 Å². The third-order valence-corrected chi connectivity index (χ3v) is 7.12. The fourth-order valence-electron chi connectivity index (χ4n) is 5.01. The summed E-state index contributed by atoms with van der Waals surface area (Å²) in [5.41, 5.74) is 4.07. The van der Waals surface area contributed by atoms with Crippen LogP contribution >= 0.6 is 0 Å². The molecule has 1 atom stereocenters. The molecule has 0 radical (unpaired) electrons. The topological polar surface area (TPSA) is 70.1 Å². The summed E-state index contributed by atoms with van der Waals surface area (Å²) in [5.74, 6) is -0.577. The van der Waals surface area contributed by atoms with Crippen LogP contribution in [-0.2, 0) is 9.59 Å². The number of nitrogens with zero attached hydrogens (tertiary/aromatic N) is 2. The van der Waals surface area contributed by atoms with Gasteiger partial charge in [-0.1, -0.05) is 38.1 Å². The van der Waals surface area contributed by atoms with E-state index in [1.807, 2.05) is 62.4 Å². The molecule has 1 aliphatic heterocycles. The number of ketones is 1. The number of Topliss-reactive ketones (excluding diaryl/α,β-unsaturated/α-hetero) is 1. The quantitative estimate of drug-likeness (QED) is 0.183. The van der Waals surface area contributed by atoms with E-state index in [9.17, 15) is 14.7 Å². The van der Waals surface area contributed by atoms with Crippen molar-refractivity contribution in [1.82, 2.24) is 0 Å². The van der Waals surface area contributed by atoms with Gasteiger partial charge in [0.2, 0.25) is 0 Å². The van der Waals surface area contributed by atoms with Gasteiger partial charge in [0, 0.05) is 30.0 Å². The highest BCUT2D eigenvalue weighted by atomic mass is 16.5. The number of aliphatic hydroxyl groups is 1. The second-order valence-electron chi connectivity index (χ2n) is 10.4. The van der Waals surface area contributed by atoms with E-state index in [0.29, 0.717) is 22.9 Å². The predicted molar refractivity (Wildman–Crippen MR) is 158 cm³/mol. The molecule has 3 aromatic carbocycles. The van der Waals surface area contributed by atoms with Gasteiger partial charge in [0.15, 0.2) is 0 Å². The smallest absolute Gasteiger partial charge is 0.300 e. The number of benzene rings is 3. The van der Waals surface area contributed by atoms with Crippen molar-refractivity contribution in [2.45, 2.75) is 59.6 Å². The molecule has 1 fully saturated rings. The highest BCUT2D eigenvalue weighted by Gasteiger charge is 2.47. The molecule has 0 bridgehead atoms. The van der Waals surface area contributed by atoms with E-state index in [0.717, 1.165) is 29.9 Å². The van der Waals surface area contributed by atoms with Crippen molar-refractivity contribution < 1.29 is 19.4 Å². The van der Waals surface area contributed by atoms with E-state index in [2.05, 4.69) is 32.6 Å². The van der Waals surface area contributed by atoms with Gasteiger partial charge in [0.1, 0.15) is 11.5 Å². The van der Waals surface area contributed by atoms with Crippen molar-refractivity contribution in [2.24, 2.45) is 0 Å². The molecule has 0 saturated carbocycles. The van der Waals surface area contributed by atoms with Crippen LogP contribution in [0, 0.1) is 0 Å². The number of hydrogen-bond acceptors (Lipinski definition) is 5. The SMILES string of the molecule is CCN(CC)c1ccc(C2/C(=C(/O)c3ccc(OC(C)C)cc3)C(=O)C(=O)N2c2ccc(C(C)C)cc2)cc1. The van der Waals surface area contributed by atoms with Crippen molar-refractivity contribution >= 4 is 28.8 Å². The lowest BCUT2D eigenvalue weighted by molar-refractivity contribution is -0.132. The second-order valence-corrected chi connectivity index (χ2v) is 10.4. The van der Waals surface area contributed by atoms with Crippen LogP contribution in [0.2, 0.25) is 0 Å². The van der Waals surface area contributed by atoms with Crippen LogP contribution < -0.4 is 14.5 Å². The number of hydrogen-bond donors (Lipinski definition) is 1. The first-order chi connectivity index (χ1) is 18.7. The maximum absolute atomic E-state index is 13.5. The molecule has 1 N–H and O–H groups in total. The minimum Gasteiger partial charge on any atom is -0.507 e. The molecule has 204 valence electrons. The average Bonchev–Trinajstić information content (AvgIpc) is 3.19. The van der Waals surface area contributed by atoms with E-state index >= 15 is 0 Å². The lowest BCUT2D eigenvalue weighted by atomic mass is 9.94. The van der Waals surface area contributed by atoms with Crippen molar-refractivity contribution in [1.29, 1.82) is 0 Å². The van der Waals surface area contributed by atoms with E-state index in [4.69, 9.17) is 4.74 Å². The van der Waals surface area contributed by atoms with Crippen LogP contribution in [-0.4, -0.2) is 36.0 Å². The van der Waals surface area contributed by atoms with Crippen LogP contribution in [0.1, 0.15) is 70.2 Å². The van der Waals surface area contributed by atoms with E-state index in [1.54, 1.807) is 24.3 Å². The Kier molecular flexibility index (Phi) is 8.44. The summed E-state index contributed by atoms with van der Waals surface area (Å²) in [5, 5.41) is 11.4. The Hall–Kier alpha value is -4.06. The highest BCUT2D eigenvalue weighted by Crippen LogP contribution is 2.43. The molecule has 1 heterocycles. The first-order valence-electron chi connectivity index (χ1n) is 13.7. The number of rotatable bonds is 9. The summed E-state index contributed by atoms with van der Waals surface area (Å²) in [6.07, 6.45) is 0.0103. The zero-order chi connectivity index (χ0) is 28.3. The Morgan fingerprint density at radius 3 is 1.97 bits per heavy atom. The van der Waals surface area contributed by atoms with Gasteiger partial charge in [0.05, 0.1) is 17.7 Å². The van der Waals surface area contributed by atoms with Gasteiger partial charge in [-0.05, 0) is 93.3 Å². The van der Waals surface area contributed by atoms with Crippen LogP contribution in [0.5, 0.6) is 5.75 Å². The number of amides is 1. The fourth-order valence-corrected chi connectivity index (χ4v) is 5.01. The molecule has 39 heavy (non-hydrogen) atoms. The standard InChI is InChI=1S/C33H38N2O4/c1-7-34(8-2)26-15-11-24(12-16-26)30-29(31(36)25-13-19-28(20-14-25)39-22(5)6)32(37)33(38)35(30)27-17-9-23(10-18-27)21(3)4/h9-22,30,36H,7-8H2,1-6H3/b31-29-. The molecule has 4 rings (SSSR count). The number of carbonyl (C=O) groups excluding carboxylic acids is 2. The molecular weight excluding hydrogens is 488 g/mol. The maximum Gasteiger partial charge on any atom is 0.300 e. The summed E-state index contributed by atoms with van der Waals surface area (Å²) >= 11 is 0. The van der Waals surface area contributed by atoms with Gasteiger partial charge in [-0.3, -0.25) is 14.5 Å². The van der Waals surface area contributed by atoms with E-state index in [1.165, 1.54) is 4.90 Å². The molecule has 3 aromatic rings. The summed E-state index contributed by atoms with van der Waals surface area (Å²) in [7, 11) is 0.